The van der Waals surface area contributed by atoms with Gasteiger partial charge in [0.2, 0.25) is 11.8 Å². The Labute approximate surface area is 209 Å². The van der Waals surface area contributed by atoms with Crippen molar-refractivity contribution >= 4 is 46.0 Å². The first-order chi connectivity index (χ1) is 16.7. The van der Waals surface area contributed by atoms with Crippen LogP contribution in [-0.2, 0) is 14.4 Å². The first kappa shape index (κ1) is 22.0. The third-order valence-electron chi connectivity index (χ3n) is 8.32. The molecule has 3 aromatic carbocycles. The van der Waals surface area contributed by atoms with Gasteiger partial charge in [-0.2, -0.15) is 0 Å². The molecule has 0 N–H and O–H groups in total. The number of hydrogen-bond donors (Lipinski definition) is 0. The van der Waals surface area contributed by atoms with E-state index in [-0.39, 0.29) is 17.6 Å². The second kappa shape index (κ2) is 7.25. The maximum atomic E-state index is 14.2. The molecular formula is C30H24ClNO3. The lowest BCUT2D eigenvalue weighted by Crippen LogP contribution is -2.40. The Kier molecular flexibility index (Phi) is 4.56. The van der Waals surface area contributed by atoms with Crippen LogP contribution in [0.25, 0.3) is 11.1 Å². The van der Waals surface area contributed by atoms with Crippen LogP contribution >= 0.6 is 11.6 Å². The number of nitrogens with zero attached hydrogens (tertiary/aromatic N) is 1. The van der Waals surface area contributed by atoms with Crippen molar-refractivity contribution in [3.05, 3.63) is 101 Å². The fraction of sp³-hybridized carbons (Fsp3) is 0.233. The minimum Gasteiger partial charge on any atom is -0.298 e. The van der Waals surface area contributed by atoms with Crippen molar-refractivity contribution in [3.63, 3.8) is 0 Å². The van der Waals surface area contributed by atoms with Crippen molar-refractivity contribution < 1.29 is 14.4 Å². The van der Waals surface area contributed by atoms with Crippen molar-refractivity contribution in [1.29, 1.82) is 0 Å². The fourth-order valence-electron chi connectivity index (χ4n) is 6.79. The maximum absolute atomic E-state index is 14.2. The standard InChI is InChI=1S/C30H24ClNO3/c1-17-14-15-20(16-21(17)31)32-26(33)24-25(27(32)34)30(3)23(19-12-8-5-9-13-19)22(29(24,2)28(30)35)18-10-6-4-7-11-18/h4-16,24-25H,1-3H3/t24-,25-,29-,30-/m0/s1. The van der Waals surface area contributed by atoms with Gasteiger partial charge >= 0.3 is 0 Å². The molecule has 3 aliphatic rings. The van der Waals surface area contributed by atoms with E-state index in [1.165, 1.54) is 4.90 Å². The van der Waals surface area contributed by atoms with Crippen LogP contribution in [0.5, 0.6) is 0 Å². The van der Waals surface area contributed by atoms with Crippen LogP contribution < -0.4 is 4.90 Å². The molecule has 0 spiro atoms. The monoisotopic (exact) mass is 481 g/mol. The minimum atomic E-state index is -1.12. The first-order valence-electron chi connectivity index (χ1n) is 11.8. The molecule has 1 aliphatic heterocycles. The summed E-state index contributed by atoms with van der Waals surface area (Å²) in [4.78, 5) is 43.5. The SMILES string of the molecule is Cc1ccc(N2C(=O)[C@@H]3[C@@H](C2=O)[C@@]2(C)C(=O)[C@@]3(C)C(c3ccccc3)=C2c2ccccc2)cc1Cl. The van der Waals surface area contributed by atoms with E-state index >= 15 is 0 Å². The molecule has 5 heteroatoms. The van der Waals surface area contributed by atoms with Gasteiger partial charge in [0.05, 0.1) is 28.4 Å². The molecule has 1 saturated carbocycles. The number of imide groups is 1. The van der Waals surface area contributed by atoms with E-state index in [0.717, 1.165) is 27.8 Å². The molecule has 2 fully saturated rings. The number of Topliss-reactive ketones (excluding diaryl/α,β-unsaturated/α-hetero) is 1. The van der Waals surface area contributed by atoms with Gasteiger partial charge in [0.1, 0.15) is 0 Å². The van der Waals surface area contributed by atoms with E-state index < -0.39 is 22.7 Å². The average Bonchev–Trinajstić information content (AvgIpc) is 3.31. The lowest BCUT2D eigenvalue weighted by atomic mass is 9.63. The van der Waals surface area contributed by atoms with Crippen LogP contribution in [0.2, 0.25) is 5.02 Å². The quantitative estimate of drug-likeness (QED) is 0.433. The normalized spacial score (nSPS) is 29.4. The smallest absolute Gasteiger partial charge is 0.239 e. The zero-order valence-electron chi connectivity index (χ0n) is 19.7. The number of rotatable bonds is 3. The molecule has 1 saturated heterocycles. The van der Waals surface area contributed by atoms with Crippen molar-refractivity contribution in [2.75, 3.05) is 4.90 Å². The summed E-state index contributed by atoms with van der Waals surface area (Å²) in [6.45, 7) is 5.58. The van der Waals surface area contributed by atoms with Gasteiger partial charge in [-0.1, -0.05) is 78.3 Å². The summed E-state index contributed by atoms with van der Waals surface area (Å²) in [5.41, 5.74) is 2.58. The highest BCUT2D eigenvalue weighted by atomic mass is 35.5. The number of aryl methyl sites for hydroxylation is 1. The zero-order chi connectivity index (χ0) is 24.7. The number of amides is 2. The molecule has 1 heterocycles. The highest BCUT2D eigenvalue weighted by Gasteiger charge is 2.78. The van der Waals surface area contributed by atoms with Crippen LogP contribution in [0.15, 0.2) is 78.9 Å². The van der Waals surface area contributed by atoms with Crippen molar-refractivity contribution in [2.24, 2.45) is 22.7 Å². The van der Waals surface area contributed by atoms with E-state index in [9.17, 15) is 14.4 Å². The lowest BCUT2D eigenvalue weighted by molar-refractivity contribution is -0.133. The van der Waals surface area contributed by atoms with E-state index in [0.29, 0.717) is 10.7 Å². The Morgan fingerprint density at radius 3 is 1.60 bits per heavy atom. The van der Waals surface area contributed by atoms with Crippen LogP contribution in [0.4, 0.5) is 5.69 Å². The van der Waals surface area contributed by atoms with E-state index in [4.69, 9.17) is 11.6 Å². The molecule has 0 unspecified atom stereocenters. The Morgan fingerprint density at radius 2 is 1.17 bits per heavy atom. The molecule has 0 aromatic heterocycles. The second-order valence-electron chi connectivity index (χ2n) is 10.1. The third-order valence-corrected chi connectivity index (χ3v) is 8.73. The highest BCUT2D eigenvalue weighted by molar-refractivity contribution is 6.35. The van der Waals surface area contributed by atoms with E-state index in [2.05, 4.69) is 0 Å². The number of carbonyl (C=O) groups excluding carboxylic acids is 3. The molecule has 2 amide bonds. The largest absolute Gasteiger partial charge is 0.298 e. The summed E-state index contributed by atoms with van der Waals surface area (Å²) in [6, 6.07) is 24.7. The van der Waals surface area contributed by atoms with E-state index in [1.54, 1.807) is 18.2 Å². The van der Waals surface area contributed by atoms with E-state index in [1.807, 2.05) is 81.4 Å². The summed E-state index contributed by atoms with van der Waals surface area (Å²) >= 11 is 6.35. The first-order valence-corrected chi connectivity index (χ1v) is 12.1. The number of anilines is 1. The predicted octanol–water partition coefficient (Wildman–Crippen LogP) is 5.97. The summed E-state index contributed by atoms with van der Waals surface area (Å²) in [5, 5.41) is 0.490. The minimum absolute atomic E-state index is 0.0546. The number of benzene rings is 3. The maximum Gasteiger partial charge on any atom is 0.239 e. The summed E-state index contributed by atoms with van der Waals surface area (Å²) in [5.74, 6) is -2.26. The highest BCUT2D eigenvalue weighted by Crippen LogP contribution is 2.73. The molecular weight excluding hydrogens is 458 g/mol. The van der Waals surface area contributed by atoms with Gasteiger partial charge in [-0.05, 0) is 60.7 Å². The summed E-state index contributed by atoms with van der Waals surface area (Å²) in [6.07, 6.45) is 0. The number of fused-ring (bicyclic) bond motifs is 5. The van der Waals surface area contributed by atoms with Crippen LogP contribution in [-0.4, -0.2) is 17.6 Å². The molecule has 2 aliphatic carbocycles. The van der Waals surface area contributed by atoms with Crippen LogP contribution in [0, 0.1) is 29.6 Å². The van der Waals surface area contributed by atoms with Crippen LogP contribution in [0.1, 0.15) is 30.5 Å². The number of halogens is 1. The summed E-state index contributed by atoms with van der Waals surface area (Å²) in [7, 11) is 0. The Hall–Kier alpha value is -3.50. The molecule has 174 valence electrons. The Balaban J connectivity index is 1.61. The fourth-order valence-corrected chi connectivity index (χ4v) is 6.96. The average molecular weight is 482 g/mol. The Morgan fingerprint density at radius 1 is 0.714 bits per heavy atom. The molecule has 35 heavy (non-hydrogen) atoms. The van der Waals surface area contributed by atoms with Gasteiger partial charge in [-0.3, -0.25) is 14.4 Å². The lowest BCUT2D eigenvalue weighted by Gasteiger charge is -2.35. The molecule has 4 atom stereocenters. The van der Waals surface area contributed by atoms with Gasteiger partial charge in [0.25, 0.3) is 0 Å². The zero-order valence-corrected chi connectivity index (χ0v) is 20.5. The van der Waals surface area contributed by atoms with Crippen molar-refractivity contribution in [3.8, 4) is 0 Å². The van der Waals surface area contributed by atoms with Crippen LogP contribution in [0.3, 0.4) is 0 Å². The third kappa shape index (κ3) is 2.61. The van der Waals surface area contributed by atoms with Crippen molar-refractivity contribution in [2.45, 2.75) is 20.8 Å². The molecule has 3 aromatic rings. The molecule has 0 radical (unpaired) electrons. The topological polar surface area (TPSA) is 54.5 Å². The van der Waals surface area contributed by atoms with Gasteiger partial charge < -0.3 is 0 Å². The predicted molar refractivity (Wildman–Crippen MR) is 137 cm³/mol. The van der Waals surface area contributed by atoms with Crippen molar-refractivity contribution in [1.82, 2.24) is 0 Å². The second-order valence-corrected chi connectivity index (χ2v) is 10.5. The molecule has 6 rings (SSSR count). The number of carbonyl (C=O) groups is 3. The number of allylic oxidation sites excluding steroid dienone is 2. The van der Waals surface area contributed by atoms with Gasteiger partial charge in [0, 0.05) is 5.02 Å². The Bertz CT molecular complexity index is 1380. The molecule has 2 bridgehead atoms. The van der Waals surface area contributed by atoms with Gasteiger partial charge in [-0.15, -0.1) is 0 Å². The number of ketones is 1. The number of hydrogen-bond acceptors (Lipinski definition) is 3. The van der Waals surface area contributed by atoms with Gasteiger partial charge in [0.15, 0.2) is 5.78 Å². The van der Waals surface area contributed by atoms with Gasteiger partial charge in [-0.25, -0.2) is 4.90 Å². The summed E-state index contributed by atoms with van der Waals surface area (Å²) < 4.78 is 0. The molecule has 4 nitrogen and oxygen atoms in total.